The Morgan fingerprint density at radius 2 is 1.89 bits per heavy atom. The van der Waals surface area contributed by atoms with Gasteiger partial charge in [-0.3, -0.25) is 0 Å². The van der Waals surface area contributed by atoms with Gasteiger partial charge in [0.05, 0.1) is 0 Å². The SMILES string of the molecule is CCC(C)NS(=O)(=O)c1ccccc1OC(F)(F)F. The van der Waals surface area contributed by atoms with Crippen LogP contribution in [0.4, 0.5) is 13.2 Å². The Labute approximate surface area is 109 Å². The van der Waals surface area contributed by atoms with Crippen LogP contribution in [0.2, 0.25) is 0 Å². The molecule has 1 unspecified atom stereocenters. The molecule has 0 aromatic heterocycles. The molecule has 1 N–H and O–H groups in total. The van der Waals surface area contributed by atoms with E-state index in [-0.39, 0.29) is 6.04 Å². The molecule has 0 aliphatic heterocycles. The first-order valence-electron chi connectivity index (χ1n) is 5.53. The minimum atomic E-state index is -4.94. The Kier molecular flexibility index (Phi) is 4.81. The number of hydrogen-bond donors (Lipinski definition) is 1. The summed E-state index contributed by atoms with van der Waals surface area (Å²) in [6, 6.07) is 4.23. The van der Waals surface area contributed by atoms with E-state index < -0.39 is 27.0 Å². The molecule has 0 fully saturated rings. The van der Waals surface area contributed by atoms with E-state index in [9.17, 15) is 21.6 Å². The van der Waals surface area contributed by atoms with Crippen LogP contribution in [0.1, 0.15) is 20.3 Å². The number of halogens is 3. The van der Waals surface area contributed by atoms with Crippen LogP contribution in [-0.4, -0.2) is 20.8 Å². The number of para-hydroxylation sites is 1. The maximum absolute atomic E-state index is 12.2. The lowest BCUT2D eigenvalue weighted by molar-refractivity contribution is -0.275. The van der Waals surface area contributed by atoms with Gasteiger partial charge in [-0.2, -0.15) is 0 Å². The highest BCUT2D eigenvalue weighted by Crippen LogP contribution is 2.29. The molecule has 4 nitrogen and oxygen atoms in total. The molecule has 0 bridgehead atoms. The molecule has 0 saturated carbocycles. The largest absolute Gasteiger partial charge is 0.573 e. The summed E-state index contributed by atoms with van der Waals surface area (Å²) in [4.78, 5) is -0.535. The Morgan fingerprint density at radius 1 is 1.32 bits per heavy atom. The second kappa shape index (κ2) is 5.79. The minimum Gasteiger partial charge on any atom is -0.404 e. The number of sulfonamides is 1. The summed E-state index contributed by atoms with van der Waals surface area (Å²) in [6.45, 7) is 3.37. The normalized spacial score (nSPS) is 14.2. The average molecular weight is 297 g/mol. The zero-order valence-corrected chi connectivity index (χ0v) is 11.2. The van der Waals surface area contributed by atoms with Crippen molar-refractivity contribution in [2.75, 3.05) is 0 Å². The van der Waals surface area contributed by atoms with Crippen molar-refractivity contribution in [3.63, 3.8) is 0 Å². The molecule has 0 aliphatic rings. The molecule has 19 heavy (non-hydrogen) atoms. The van der Waals surface area contributed by atoms with E-state index in [0.29, 0.717) is 6.42 Å². The highest BCUT2D eigenvalue weighted by molar-refractivity contribution is 7.89. The predicted octanol–water partition coefficient (Wildman–Crippen LogP) is 2.66. The lowest BCUT2D eigenvalue weighted by atomic mass is 10.3. The standard InChI is InChI=1S/C11H14F3NO3S/c1-3-8(2)15-19(16,17)10-7-5-4-6-9(10)18-11(12,13)14/h4-8,15H,3H2,1-2H3. The molecule has 1 aromatic carbocycles. The summed E-state index contributed by atoms with van der Waals surface area (Å²) in [5, 5.41) is 0. The van der Waals surface area contributed by atoms with E-state index in [1.165, 1.54) is 12.1 Å². The number of benzene rings is 1. The van der Waals surface area contributed by atoms with Crippen LogP contribution in [0.25, 0.3) is 0 Å². The van der Waals surface area contributed by atoms with Gasteiger partial charge in [-0.25, -0.2) is 13.1 Å². The van der Waals surface area contributed by atoms with Gasteiger partial charge in [0.1, 0.15) is 10.6 Å². The van der Waals surface area contributed by atoms with E-state index in [2.05, 4.69) is 9.46 Å². The molecular formula is C11H14F3NO3S. The molecular weight excluding hydrogens is 283 g/mol. The Hall–Kier alpha value is -1.28. The maximum atomic E-state index is 12.2. The van der Waals surface area contributed by atoms with E-state index in [0.717, 1.165) is 12.1 Å². The van der Waals surface area contributed by atoms with Gasteiger partial charge in [-0.05, 0) is 25.5 Å². The van der Waals surface area contributed by atoms with Crippen molar-refractivity contribution in [2.24, 2.45) is 0 Å². The summed E-state index contributed by atoms with van der Waals surface area (Å²) in [7, 11) is -4.05. The van der Waals surface area contributed by atoms with Gasteiger partial charge in [0.15, 0.2) is 0 Å². The molecule has 0 saturated heterocycles. The zero-order valence-electron chi connectivity index (χ0n) is 10.4. The lowest BCUT2D eigenvalue weighted by Gasteiger charge is -2.16. The first-order chi connectivity index (χ1) is 8.65. The van der Waals surface area contributed by atoms with Gasteiger partial charge < -0.3 is 4.74 Å². The fraction of sp³-hybridized carbons (Fsp3) is 0.455. The molecule has 8 heteroatoms. The molecule has 1 aromatic rings. The summed E-state index contributed by atoms with van der Waals surface area (Å²) in [5.41, 5.74) is 0. The molecule has 108 valence electrons. The van der Waals surface area contributed by atoms with Crippen LogP contribution >= 0.6 is 0 Å². The van der Waals surface area contributed by atoms with E-state index in [1.54, 1.807) is 13.8 Å². The summed E-state index contributed by atoms with van der Waals surface area (Å²) >= 11 is 0. The zero-order chi connectivity index (χ0) is 14.7. The monoisotopic (exact) mass is 297 g/mol. The van der Waals surface area contributed by atoms with Crippen LogP contribution in [0.5, 0.6) is 5.75 Å². The van der Waals surface area contributed by atoms with Crippen molar-refractivity contribution < 1.29 is 26.3 Å². The van der Waals surface area contributed by atoms with Crippen LogP contribution in [0.3, 0.4) is 0 Å². The third kappa shape index (κ3) is 4.71. The van der Waals surface area contributed by atoms with Crippen molar-refractivity contribution in [1.82, 2.24) is 4.72 Å². The third-order valence-corrected chi connectivity index (χ3v) is 3.96. The van der Waals surface area contributed by atoms with Gasteiger partial charge in [-0.15, -0.1) is 13.2 Å². The number of hydrogen-bond acceptors (Lipinski definition) is 3. The van der Waals surface area contributed by atoms with Crippen LogP contribution in [0, 0.1) is 0 Å². The maximum Gasteiger partial charge on any atom is 0.573 e. The fourth-order valence-corrected chi connectivity index (χ4v) is 2.75. The van der Waals surface area contributed by atoms with E-state index >= 15 is 0 Å². The number of nitrogens with one attached hydrogen (secondary N) is 1. The molecule has 0 heterocycles. The molecule has 0 amide bonds. The van der Waals surface area contributed by atoms with Gasteiger partial charge in [0.25, 0.3) is 0 Å². The van der Waals surface area contributed by atoms with Crippen molar-refractivity contribution in [2.45, 2.75) is 37.6 Å². The van der Waals surface area contributed by atoms with Crippen molar-refractivity contribution in [3.05, 3.63) is 24.3 Å². The number of rotatable bonds is 5. The highest BCUT2D eigenvalue weighted by Gasteiger charge is 2.34. The van der Waals surface area contributed by atoms with E-state index in [1.807, 2.05) is 0 Å². The van der Waals surface area contributed by atoms with E-state index in [4.69, 9.17) is 0 Å². The van der Waals surface area contributed by atoms with Gasteiger partial charge in [-0.1, -0.05) is 19.1 Å². The Bertz CT molecular complexity index is 528. The van der Waals surface area contributed by atoms with Crippen molar-refractivity contribution in [3.8, 4) is 5.75 Å². The van der Waals surface area contributed by atoms with Gasteiger partial charge in [0.2, 0.25) is 10.0 Å². The first-order valence-corrected chi connectivity index (χ1v) is 7.01. The second-order valence-corrected chi connectivity index (χ2v) is 5.61. The first kappa shape index (κ1) is 15.8. The lowest BCUT2D eigenvalue weighted by Crippen LogP contribution is -2.32. The summed E-state index contributed by atoms with van der Waals surface area (Å²) in [6.07, 6.45) is -4.43. The smallest absolute Gasteiger partial charge is 0.404 e. The van der Waals surface area contributed by atoms with Gasteiger partial charge >= 0.3 is 6.36 Å². The Balaban J connectivity index is 3.13. The number of ether oxygens (including phenoxy) is 1. The predicted molar refractivity (Wildman–Crippen MR) is 63.2 cm³/mol. The molecule has 0 aliphatic carbocycles. The van der Waals surface area contributed by atoms with Gasteiger partial charge in [0, 0.05) is 6.04 Å². The number of alkyl halides is 3. The van der Waals surface area contributed by atoms with Crippen LogP contribution in [0.15, 0.2) is 29.2 Å². The Morgan fingerprint density at radius 3 is 2.42 bits per heavy atom. The second-order valence-electron chi connectivity index (χ2n) is 3.93. The fourth-order valence-electron chi connectivity index (χ4n) is 1.29. The third-order valence-electron chi connectivity index (χ3n) is 2.33. The van der Waals surface area contributed by atoms with Crippen LogP contribution in [-0.2, 0) is 10.0 Å². The quantitative estimate of drug-likeness (QED) is 0.909. The summed E-state index contributed by atoms with van der Waals surface area (Å²) in [5.74, 6) is -0.745. The molecule has 1 atom stereocenters. The molecule has 1 rings (SSSR count). The highest BCUT2D eigenvalue weighted by atomic mass is 32.2. The van der Waals surface area contributed by atoms with Crippen molar-refractivity contribution >= 4 is 10.0 Å². The summed E-state index contributed by atoms with van der Waals surface area (Å²) < 4.78 is 66.5. The average Bonchev–Trinajstić information content (AvgIpc) is 2.26. The minimum absolute atomic E-state index is 0.385. The molecule has 0 radical (unpaired) electrons. The van der Waals surface area contributed by atoms with Crippen LogP contribution < -0.4 is 9.46 Å². The van der Waals surface area contributed by atoms with Crippen molar-refractivity contribution in [1.29, 1.82) is 0 Å². The molecule has 0 spiro atoms. The topological polar surface area (TPSA) is 55.4 Å².